The Balaban J connectivity index is 2.54. The number of rotatable bonds is 3. The number of fused-ring (bicyclic) bond motifs is 1. The number of hydrogen-bond acceptors (Lipinski definition) is 6. The van der Waals surface area contributed by atoms with Gasteiger partial charge in [0.15, 0.2) is 6.19 Å². The summed E-state index contributed by atoms with van der Waals surface area (Å²) in [4.78, 5) is 4.43. The first kappa shape index (κ1) is 16.8. The van der Waals surface area contributed by atoms with Gasteiger partial charge in [-0.05, 0) is 32.0 Å². The molecule has 0 amide bonds. The molecule has 7 nitrogen and oxygen atoms in total. The minimum atomic E-state index is -0.948. The molecule has 0 unspecified atom stereocenters. The average molecular weight is 314 g/mol. The number of nitriles is 2. The summed E-state index contributed by atoms with van der Waals surface area (Å²) in [6.45, 7) is 3.62. The Morgan fingerprint density at radius 3 is 2.83 bits per heavy atom. The van der Waals surface area contributed by atoms with E-state index in [0.29, 0.717) is 22.7 Å². The molecule has 1 aromatic rings. The van der Waals surface area contributed by atoms with Crippen LogP contribution in [0.4, 0.5) is 0 Å². The molecule has 0 spiro atoms. The third-order valence-electron chi connectivity index (χ3n) is 3.62. The van der Waals surface area contributed by atoms with Crippen LogP contribution in [0.25, 0.3) is 0 Å². The zero-order valence-electron chi connectivity index (χ0n) is 13.2. The fraction of sp³-hybridized carbons (Fsp3) is 0.438. The van der Waals surface area contributed by atoms with Crippen molar-refractivity contribution in [3.8, 4) is 18.0 Å². The molecule has 23 heavy (non-hydrogen) atoms. The van der Waals surface area contributed by atoms with Crippen LogP contribution in [0.3, 0.4) is 0 Å². The summed E-state index contributed by atoms with van der Waals surface area (Å²) in [6.07, 6.45) is 0.850. The molecule has 2 N–H and O–H groups in total. The molecule has 7 heteroatoms. The van der Waals surface area contributed by atoms with Crippen LogP contribution >= 0.6 is 0 Å². The predicted octanol–water partition coefficient (Wildman–Crippen LogP) is 1.25. The monoisotopic (exact) mass is 314 g/mol. The summed E-state index contributed by atoms with van der Waals surface area (Å²) in [6, 6.07) is 6.37. The van der Waals surface area contributed by atoms with Gasteiger partial charge in [-0.1, -0.05) is 0 Å². The molecule has 0 fully saturated rings. The highest BCUT2D eigenvalue weighted by atomic mass is 16.5. The Hall–Kier alpha value is -2.61. The summed E-state index contributed by atoms with van der Waals surface area (Å²) >= 11 is 0. The Labute approximate surface area is 134 Å². The quantitative estimate of drug-likeness (QED) is 0.376. The van der Waals surface area contributed by atoms with Gasteiger partial charge in [-0.3, -0.25) is 10.3 Å². The molecule has 0 saturated carbocycles. The highest BCUT2D eigenvalue weighted by Gasteiger charge is 2.43. The maximum atomic E-state index is 10.6. The topological polar surface area (TPSA) is 111 Å². The number of methoxy groups -OCH3 is 1. The third kappa shape index (κ3) is 3.42. The summed E-state index contributed by atoms with van der Waals surface area (Å²) in [5, 5.41) is 31.0. The predicted molar refractivity (Wildman–Crippen MR) is 82.7 cm³/mol. The Bertz CT molecular complexity index is 700. The van der Waals surface area contributed by atoms with Crippen LogP contribution < -0.4 is 10.1 Å². The lowest BCUT2D eigenvalue weighted by atomic mass is 9.86. The molecule has 1 heterocycles. The molecule has 0 radical (unpaired) electrons. The molecular weight excluding hydrogens is 296 g/mol. The number of aliphatic imine (C=N–C) groups is 1. The fourth-order valence-corrected chi connectivity index (χ4v) is 2.45. The van der Waals surface area contributed by atoms with Gasteiger partial charge < -0.3 is 14.6 Å². The summed E-state index contributed by atoms with van der Waals surface area (Å²) in [5.41, 5.74) is 0.186. The first-order valence-electron chi connectivity index (χ1n) is 7.04. The number of ether oxygens (including phenoxy) is 2. The van der Waals surface area contributed by atoms with Crippen molar-refractivity contribution in [3.05, 3.63) is 29.3 Å². The van der Waals surface area contributed by atoms with Crippen molar-refractivity contribution in [2.75, 3.05) is 13.7 Å². The molecule has 0 saturated heterocycles. The minimum Gasteiger partial charge on any atom is -0.485 e. The smallest absolute Gasteiger partial charge is 0.182 e. The van der Waals surface area contributed by atoms with Gasteiger partial charge in [0.2, 0.25) is 0 Å². The summed E-state index contributed by atoms with van der Waals surface area (Å²) in [7, 11) is 1.49. The second-order valence-electron chi connectivity index (χ2n) is 5.71. The van der Waals surface area contributed by atoms with Crippen molar-refractivity contribution in [2.45, 2.75) is 31.6 Å². The molecular formula is C16H18N4O3. The average Bonchev–Trinajstić information content (AvgIpc) is 2.51. The van der Waals surface area contributed by atoms with Gasteiger partial charge in [0, 0.05) is 12.7 Å². The lowest BCUT2D eigenvalue weighted by Gasteiger charge is -2.40. The lowest BCUT2D eigenvalue weighted by Crippen LogP contribution is -2.48. The summed E-state index contributed by atoms with van der Waals surface area (Å²) in [5.74, 6) is 0.854. The Morgan fingerprint density at radius 2 is 2.22 bits per heavy atom. The zero-order valence-corrected chi connectivity index (χ0v) is 13.2. The van der Waals surface area contributed by atoms with Gasteiger partial charge in [-0.25, -0.2) is 0 Å². The lowest BCUT2D eigenvalue weighted by molar-refractivity contribution is -0.0567. The maximum Gasteiger partial charge on any atom is 0.182 e. The highest BCUT2D eigenvalue weighted by molar-refractivity contribution is 5.85. The number of hydrogen-bond donors (Lipinski definition) is 2. The van der Waals surface area contributed by atoms with E-state index in [0.717, 1.165) is 0 Å². The number of amidine groups is 1. The Kier molecular flexibility index (Phi) is 4.85. The van der Waals surface area contributed by atoms with Crippen LogP contribution in [-0.2, 0) is 4.74 Å². The SMILES string of the molecule is COCC(=N[C@@H]1c2cc(C#N)ccc2OC(C)(C)[C@H]1O)NC#N. The van der Waals surface area contributed by atoms with Crippen LogP contribution in [0.2, 0.25) is 0 Å². The van der Waals surface area contributed by atoms with Crippen LogP contribution in [0.5, 0.6) is 5.75 Å². The van der Waals surface area contributed by atoms with Crippen LogP contribution in [0.1, 0.15) is 31.0 Å². The van der Waals surface area contributed by atoms with Gasteiger partial charge in [-0.2, -0.15) is 10.5 Å². The molecule has 1 aliphatic heterocycles. The van der Waals surface area contributed by atoms with E-state index in [4.69, 9.17) is 20.0 Å². The van der Waals surface area contributed by atoms with E-state index in [2.05, 4.69) is 16.4 Å². The van der Waals surface area contributed by atoms with Crippen molar-refractivity contribution >= 4 is 5.84 Å². The molecule has 2 rings (SSSR count). The third-order valence-corrected chi connectivity index (χ3v) is 3.62. The van der Waals surface area contributed by atoms with Crippen LogP contribution in [0.15, 0.2) is 23.2 Å². The minimum absolute atomic E-state index is 0.103. The largest absolute Gasteiger partial charge is 0.485 e. The first-order valence-corrected chi connectivity index (χ1v) is 7.04. The first-order chi connectivity index (χ1) is 10.9. The number of aliphatic hydroxyl groups is 1. The second kappa shape index (κ2) is 6.66. The number of nitrogens with zero attached hydrogens (tertiary/aromatic N) is 3. The molecule has 2 atom stereocenters. The van der Waals surface area contributed by atoms with Crippen LogP contribution in [0, 0.1) is 22.8 Å². The van der Waals surface area contributed by atoms with Gasteiger partial charge in [0.05, 0.1) is 11.6 Å². The van der Waals surface area contributed by atoms with Gasteiger partial charge in [-0.15, -0.1) is 0 Å². The van der Waals surface area contributed by atoms with E-state index < -0.39 is 17.7 Å². The van der Waals surface area contributed by atoms with Crippen molar-refractivity contribution in [1.29, 1.82) is 10.5 Å². The molecule has 0 bridgehead atoms. The molecule has 0 aliphatic carbocycles. The normalized spacial score (nSPS) is 22.3. The number of aliphatic hydroxyl groups excluding tert-OH is 1. The van der Waals surface area contributed by atoms with Gasteiger partial charge >= 0.3 is 0 Å². The highest BCUT2D eigenvalue weighted by Crippen LogP contribution is 2.42. The van der Waals surface area contributed by atoms with Crippen molar-refractivity contribution in [2.24, 2.45) is 4.99 Å². The molecule has 120 valence electrons. The van der Waals surface area contributed by atoms with E-state index in [1.807, 2.05) is 0 Å². The standard InChI is InChI=1S/C16H18N4O3/c1-16(2)15(21)14(20-13(8-22-3)19-9-18)11-6-10(7-17)4-5-12(11)23-16/h4-6,14-15,21H,8H2,1-3H3,(H,19,20)/t14-,15+/m1/s1. The summed E-state index contributed by atoms with van der Waals surface area (Å²) < 4.78 is 10.8. The molecule has 1 aromatic carbocycles. The fourth-order valence-electron chi connectivity index (χ4n) is 2.45. The van der Waals surface area contributed by atoms with Gasteiger partial charge in [0.25, 0.3) is 0 Å². The number of nitrogens with one attached hydrogen (secondary N) is 1. The van der Waals surface area contributed by atoms with E-state index in [1.165, 1.54) is 7.11 Å². The number of benzene rings is 1. The zero-order chi connectivity index (χ0) is 17.0. The van der Waals surface area contributed by atoms with E-state index >= 15 is 0 Å². The van der Waals surface area contributed by atoms with Crippen molar-refractivity contribution in [3.63, 3.8) is 0 Å². The van der Waals surface area contributed by atoms with E-state index in [9.17, 15) is 5.11 Å². The van der Waals surface area contributed by atoms with E-state index in [1.54, 1.807) is 38.2 Å². The van der Waals surface area contributed by atoms with E-state index in [-0.39, 0.29) is 6.61 Å². The van der Waals surface area contributed by atoms with Crippen molar-refractivity contribution in [1.82, 2.24) is 5.32 Å². The van der Waals surface area contributed by atoms with Gasteiger partial charge in [0.1, 0.15) is 35.9 Å². The molecule has 0 aromatic heterocycles. The Morgan fingerprint density at radius 1 is 1.48 bits per heavy atom. The molecule has 1 aliphatic rings. The maximum absolute atomic E-state index is 10.6. The van der Waals surface area contributed by atoms with Crippen LogP contribution in [-0.4, -0.2) is 36.4 Å². The second-order valence-corrected chi connectivity index (χ2v) is 5.71. The van der Waals surface area contributed by atoms with Crippen molar-refractivity contribution < 1.29 is 14.6 Å².